The molecule has 0 aliphatic rings. The lowest BCUT2D eigenvalue weighted by Crippen LogP contribution is -2.41. The molecule has 2 aromatic carbocycles. The SMILES string of the molecule is CCN(Cc1cccc(C)n1)C(=O)CN(c1ccc2ncccc2c1)S(=O)c1ccc(C(C)(C)C)cc1. The number of aryl methyl sites for hydroxylation is 1. The maximum Gasteiger partial charge on any atom is 0.243 e. The van der Waals surface area contributed by atoms with Crippen LogP contribution in [0.1, 0.15) is 44.6 Å². The van der Waals surface area contributed by atoms with Gasteiger partial charge in [0.25, 0.3) is 0 Å². The van der Waals surface area contributed by atoms with Crippen LogP contribution in [0.4, 0.5) is 5.69 Å². The summed E-state index contributed by atoms with van der Waals surface area (Å²) in [6.07, 6.45) is 1.75. The number of likely N-dealkylation sites (N-methyl/N-ethyl adjacent to an activating group) is 1. The van der Waals surface area contributed by atoms with Crippen molar-refractivity contribution >= 4 is 33.5 Å². The number of anilines is 1. The Morgan fingerprint density at radius 3 is 2.41 bits per heavy atom. The molecule has 0 radical (unpaired) electrons. The summed E-state index contributed by atoms with van der Waals surface area (Å²) in [5, 5.41) is 0.925. The van der Waals surface area contributed by atoms with Crippen LogP contribution in [0.25, 0.3) is 10.9 Å². The van der Waals surface area contributed by atoms with Crippen molar-refractivity contribution < 1.29 is 9.00 Å². The van der Waals surface area contributed by atoms with E-state index in [1.54, 1.807) is 15.4 Å². The van der Waals surface area contributed by atoms with Crippen molar-refractivity contribution in [3.8, 4) is 0 Å². The molecule has 0 saturated heterocycles. The lowest BCUT2D eigenvalue weighted by atomic mass is 9.87. The molecule has 0 N–H and O–H groups in total. The van der Waals surface area contributed by atoms with Crippen LogP contribution >= 0.6 is 0 Å². The highest BCUT2D eigenvalue weighted by atomic mass is 32.2. The normalized spacial score (nSPS) is 12.4. The van der Waals surface area contributed by atoms with Crippen LogP contribution in [0, 0.1) is 6.92 Å². The standard InChI is InChI=1S/C30H34N4O2S/c1-6-33(20-25-11-7-9-22(2)32-25)29(35)21-34(26-14-17-28-23(19-26)10-8-18-31-28)37(36)27-15-12-24(13-16-27)30(3,4)5/h7-19H,6,20-21H2,1-5H3. The van der Waals surface area contributed by atoms with Gasteiger partial charge in [-0.05, 0) is 73.4 Å². The zero-order valence-corrected chi connectivity index (χ0v) is 23.0. The van der Waals surface area contributed by atoms with E-state index in [4.69, 9.17) is 0 Å². The molecule has 192 valence electrons. The van der Waals surface area contributed by atoms with Gasteiger partial charge in [-0.2, -0.15) is 0 Å². The molecule has 0 fully saturated rings. The molecular weight excluding hydrogens is 480 g/mol. The van der Waals surface area contributed by atoms with E-state index >= 15 is 0 Å². The molecule has 37 heavy (non-hydrogen) atoms. The van der Waals surface area contributed by atoms with Crippen molar-refractivity contribution in [2.75, 3.05) is 17.4 Å². The minimum atomic E-state index is -1.59. The minimum Gasteiger partial charge on any atom is -0.336 e. The monoisotopic (exact) mass is 514 g/mol. The van der Waals surface area contributed by atoms with E-state index in [2.05, 4.69) is 30.7 Å². The van der Waals surface area contributed by atoms with Crippen molar-refractivity contribution in [1.82, 2.24) is 14.9 Å². The number of aromatic nitrogens is 2. The Hall–Kier alpha value is -3.58. The molecule has 0 aliphatic heterocycles. The number of pyridine rings is 2. The lowest BCUT2D eigenvalue weighted by molar-refractivity contribution is -0.130. The zero-order chi connectivity index (χ0) is 26.6. The van der Waals surface area contributed by atoms with Crippen LogP contribution < -0.4 is 4.31 Å². The predicted octanol–water partition coefficient (Wildman–Crippen LogP) is 5.81. The van der Waals surface area contributed by atoms with Gasteiger partial charge >= 0.3 is 0 Å². The van der Waals surface area contributed by atoms with Gasteiger partial charge in [0.15, 0.2) is 11.0 Å². The fourth-order valence-corrected chi connectivity index (χ4v) is 5.30. The third kappa shape index (κ3) is 6.41. The number of rotatable bonds is 8. The third-order valence-corrected chi connectivity index (χ3v) is 7.72. The first-order valence-electron chi connectivity index (χ1n) is 12.5. The summed E-state index contributed by atoms with van der Waals surface area (Å²) in [4.78, 5) is 24.9. The molecule has 1 atom stereocenters. The summed E-state index contributed by atoms with van der Waals surface area (Å²) in [5.41, 5.74) is 4.45. The molecule has 4 rings (SSSR count). The Morgan fingerprint density at radius 1 is 0.973 bits per heavy atom. The first-order chi connectivity index (χ1) is 17.7. The smallest absolute Gasteiger partial charge is 0.243 e. The number of carbonyl (C=O) groups excluding carboxylic acids is 1. The van der Waals surface area contributed by atoms with Crippen molar-refractivity contribution in [2.24, 2.45) is 0 Å². The van der Waals surface area contributed by atoms with E-state index in [1.807, 2.05) is 86.6 Å². The Morgan fingerprint density at radius 2 is 1.73 bits per heavy atom. The van der Waals surface area contributed by atoms with Gasteiger partial charge in [-0.15, -0.1) is 0 Å². The molecule has 6 nitrogen and oxygen atoms in total. The topological polar surface area (TPSA) is 66.4 Å². The summed E-state index contributed by atoms with van der Waals surface area (Å²) >= 11 is 0. The van der Waals surface area contributed by atoms with Crippen LogP contribution in [0.5, 0.6) is 0 Å². The summed E-state index contributed by atoms with van der Waals surface area (Å²) in [6, 6.07) is 23.2. The summed E-state index contributed by atoms with van der Waals surface area (Å²) < 4.78 is 15.6. The predicted molar refractivity (Wildman–Crippen MR) is 151 cm³/mol. The van der Waals surface area contributed by atoms with E-state index in [0.29, 0.717) is 23.7 Å². The summed E-state index contributed by atoms with van der Waals surface area (Å²) in [6.45, 7) is 11.2. The molecule has 0 saturated carbocycles. The molecule has 0 spiro atoms. The number of benzene rings is 2. The fourth-order valence-electron chi connectivity index (χ4n) is 4.14. The number of fused-ring (bicyclic) bond motifs is 1. The average molecular weight is 515 g/mol. The molecular formula is C30H34N4O2S. The van der Waals surface area contributed by atoms with Crippen LogP contribution in [-0.4, -0.2) is 38.1 Å². The van der Waals surface area contributed by atoms with Crippen LogP contribution in [0.15, 0.2) is 83.9 Å². The Bertz CT molecular complexity index is 1410. The van der Waals surface area contributed by atoms with Gasteiger partial charge in [0.1, 0.15) is 6.54 Å². The van der Waals surface area contributed by atoms with E-state index in [-0.39, 0.29) is 17.9 Å². The number of hydrogen-bond acceptors (Lipinski definition) is 4. The van der Waals surface area contributed by atoms with Crippen molar-refractivity contribution in [1.29, 1.82) is 0 Å². The Labute approximate surface area is 222 Å². The Balaban J connectivity index is 1.66. The minimum absolute atomic E-state index is 0.00746. The number of nitrogens with zero attached hydrogens (tertiary/aromatic N) is 4. The number of carbonyl (C=O) groups is 1. The molecule has 1 amide bonds. The van der Waals surface area contributed by atoms with E-state index in [0.717, 1.165) is 27.9 Å². The second kappa shape index (κ2) is 11.2. The molecule has 4 aromatic rings. The highest BCUT2D eigenvalue weighted by molar-refractivity contribution is 7.86. The van der Waals surface area contributed by atoms with Gasteiger partial charge in [-0.1, -0.05) is 45.0 Å². The van der Waals surface area contributed by atoms with Crippen molar-refractivity contribution in [3.63, 3.8) is 0 Å². The molecule has 2 aromatic heterocycles. The zero-order valence-electron chi connectivity index (χ0n) is 22.1. The maximum atomic E-state index is 13.9. The molecule has 2 heterocycles. The first kappa shape index (κ1) is 26.5. The highest BCUT2D eigenvalue weighted by Crippen LogP contribution is 2.27. The van der Waals surface area contributed by atoms with Gasteiger partial charge in [0.05, 0.1) is 28.3 Å². The summed E-state index contributed by atoms with van der Waals surface area (Å²) in [7, 11) is -1.59. The fraction of sp³-hybridized carbons (Fsp3) is 0.300. The van der Waals surface area contributed by atoms with Gasteiger partial charge in [-0.3, -0.25) is 19.1 Å². The van der Waals surface area contributed by atoms with Gasteiger partial charge in [0.2, 0.25) is 5.91 Å². The maximum absolute atomic E-state index is 13.9. The summed E-state index contributed by atoms with van der Waals surface area (Å²) in [5.74, 6) is -0.114. The van der Waals surface area contributed by atoms with Crippen LogP contribution in [0.2, 0.25) is 0 Å². The van der Waals surface area contributed by atoms with Crippen LogP contribution in [-0.2, 0) is 27.7 Å². The molecule has 7 heteroatoms. The van der Waals surface area contributed by atoms with Crippen molar-refractivity contribution in [3.05, 3.63) is 95.9 Å². The number of hydrogen-bond donors (Lipinski definition) is 0. The van der Waals surface area contributed by atoms with E-state index in [9.17, 15) is 9.00 Å². The number of amides is 1. The first-order valence-corrected chi connectivity index (χ1v) is 13.6. The molecule has 0 aliphatic carbocycles. The van der Waals surface area contributed by atoms with Gasteiger partial charge < -0.3 is 4.90 Å². The molecule has 1 unspecified atom stereocenters. The quantitative estimate of drug-likeness (QED) is 0.297. The van der Waals surface area contributed by atoms with Crippen molar-refractivity contribution in [2.45, 2.75) is 51.5 Å². The van der Waals surface area contributed by atoms with Gasteiger partial charge in [0, 0.05) is 23.8 Å². The molecule has 0 bridgehead atoms. The Kier molecular flexibility index (Phi) is 8.03. The largest absolute Gasteiger partial charge is 0.336 e. The second-order valence-electron chi connectivity index (χ2n) is 10.1. The van der Waals surface area contributed by atoms with E-state index < -0.39 is 11.0 Å². The van der Waals surface area contributed by atoms with E-state index in [1.165, 1.54) is 0 Å². The second-order valence-corrected chi connectivity index (χ2v) is 11.5. The van der Waals surface area contributed by atoms with Gasteiger partial charge in [-0.25, -0.2) is 4.21 Å². The third-order valence-electron chi connectivity index (χ3n) is 6.31. The van der Waals surface area contributed by atoms with Crippen LogP contribution in [0.3, 0.4) is 0 Å². The lowest BCUT2D eigenvalue weighted by Gasteiger charge is -2.28. The average Bonchev–Trinajstić information content (AvgIpc) is 2.89. The highest BCUT2D eigenvalue weighted by Gasteiger charge is 2.24.